The van der Waals surface area contributed by atoms with Crippen molar-refractivity contribution in [3.05, 3.63) is 30.3 Å². The second-order valence-electron chi connectivity index (χ2n) is 5.44. The van der Waals surface area contributed by atoms with Gasteiger partial charge in [0.05, 0.1) is 6.61 Å². The molecule has 2 nitrogen and oxygen atoms in total. The number of nitrogens with one attached hydrogen (secondary N) is 1. The van der Waals surface area contributed by atoms with Gasteiger partial charge in [-0.15, -0.1) is 0 Å². The molecule has 2 heterocycles. The Kier molecular flexibility index (Phi) is 3.32. The summed E-state index contributed by atoms with van der Waals surface area (Å²) in [5.41, 5.74) is 0. The number of hydrogen-bond acceptors (Lipinski definition) is 2. The van der Waals surface area contributed by atoms with Crippen molar-refractivity contribution in [2.45, 2.75) is 44.2 Å². The zero-order chi connectivity index (χ0) is 11.5. The molecule has 3 atom stereocenters. The first-order valence-corrected chi connectivity index (χ1v) is 6.84. The molecule has 92 valence electrons. The van der Waals surface area contributed by atoms with Crippen LogP contribution in [0.3, 0.4) is 0 Å². The average molecular weight is 231 g/mol. The van der Waals surface area contributed by atoms with Gasteiger partial charge in [0.1, 0.15) is 5.75 Å². The van der Waals surface area contributed by atoms with Crippen molar-refractivity contribution in [1.29, 1.82) is 0 Å². The molecule has 0 saturated carbocycles. The van der Waals surface area contributed by atoms with Gasteiger partial charge in [0, 0.05) is 12.1 Å². The van der Waals surface area contributed by atoms with E-state index >= 15 is 0 Å². The summed E-state index contributed by atoms with van der Waals surface area (Å²) in [6.07, 6.45) is 6.70. The second-order valence-corrected chi connectivity index (χ2v) is 5.44. The molecule has 2 aliphatic rings. The SMILES string of the molecule is c1ccc(OCC2CCC3CCC(C2)N3)cc1. The molecule has 0 spiro atoms. The van der Waals surface area contributed by atoms with E-state index in [9.17, 15) is 0 Å². The lowest BCUT2D eigenvalue weighted by atomic mass is 9.92. The van der Waals surface area contributed by atoms with Crippen LogP contribution in [0.2, 0.25) is 0 Å². The van der Waals surface area contributed by atoms with Crippen LogP contribution in [0.4, 0.5) is 0 Å². The zero-order valence-corrected chi connectivity index (χ0v) is 10.3. The normalized spacial score (nSPS) is 32.1. The molecule has 0 radical (unpaired) electrons. The molecule has 0 amide bonds. The van der Waals surface area contributed by atoms with Gasteiger partial charge in [-0.2, -0.15) is 0 Å². The predicted molar refractivity (Wildman–Crippen MR) is 69.2 cm³/mol. The molecule has 2 aliphatic heterocycles. The largest absolute Gasteiger partial charge is 0.493 e. The lowest BCUT2D eigenvalue weighted by Crippen LogP contribution is -2.27. The predicted octanol–water partition coefficient (Wildman–Crippen LogP) is 2.99. The van der Waals surface area contributed by atoms with Gasteiger partial charge in [-0.3, -0.25) is 0 Å². The first kappa shape index (κ1) is 11.1. The van der Waals surface area contributed by atoms with Gasteiger partial charge in [0.15, 0.2) is 0 Å². The van der Waals surface area contributed by atoms with Crippen molar-refractivity contribution < 1.29 is 4.74 Å². The molecule has 3 rings (SSSR count). The molecular formula is C15H21NO. The minimum Gasteiger partial charge on any atom is -0.493 e. The van der Waals surface area contributed by atoms with E-state index in [1.54, 1.807) is 0 Å². The van der Waals surface area contributed by atoms with Crippen molar-refractivity contribution in [3.8, 4) is 5.75 Å². The van der Waals surface area contributed by atoms with E-state index in [4.69, 9.17) is 4.74 Å². The van der Waals surface area contributed by atoms with Crippen LogP contribution in [0.25, 0.3) is 0 Å². The molecule has 1 N–H and O–H groups in total. The third-order valence-corrected chi connectivity index (χ3v) is 4.11. The summed E-state index contributed by atoms with van der Waals surface area (Å²) in [4.78, 5) is 0. The Bertz CT molecular complexity index is 351. The number of hydrogen-bond donors (Lipinski definition) is 1. The number of rotatable bonds is 3. The van der Waals surface area contributed by atoms with Crippen LogP contribution in [-0.4, -0.2) is 18.7 Å². The summed E-state index contributed by atoms with van der Waals surface area (Å²) >= 11 is 0. The van der Waals surface area contributed by atoms with Gasteiger partial charge in [-0.25, -0.2) is 0 Å². The van der Waals surface area contributed by atoms with Gasteiger partial charge < -0.3 is 10.1 Å². The van der Waals surface area contributed by atoms with E-state index in [-0.39, 0.29) is 0 Å². The maximum Gasteiger partial charge on any atom is 0.119 e. The summed E-state index contributed by atoms with van der Waals surface area (Å²) in [6, 6.07) is 11.7. The van der Waals surface area contributed by atoms with E-state index in [2.05, 4.69) is 5.32 Å². The zero-order valence-electron chi connectivity index (χ0n) is 10.3. The molecule has 1 aromatic carbocycles. The standard InChI is InChI=1S/C15H21NO/c1-2-4-15(5-3-1)17-11-12-6-7-13-8-9-14(10-12)16-13/h1-5,12-14,16H,6-11H2. The molecule has 0 aromatic heterocycles. The fourth-order valence-electron chi connectivity index (χ4n) is 3.16. The number of fused-ring (bicyclic) bond motifs is 2. The lowest BCUT2D eigenvalue weighted by Gasteiger charge is -2.19. The highest BCUT2D eigenvalue weighted by Gasteiger charge is 2.30. The highest BCUT2D eigenvalue weighted by atomic mass is 16.5. The second kappa shape index (κ2) is 5.09. The molecule has 2 saturated heterocycles. The van der Waals surface area contributed by atoms with Crippen LogP contribution < -0.4 is 10.1 Å². The lowest BCUT2D eigenvalue weighted by molar-refractivity contribution is 0.223. The molecular weight excluding hydrogens is 210 g/mol. The van der Waals surface area contributed by atoms with E-state index < -0.39 is 0 Å². The maximum atomic E-state index is 5.88. The van der Waals surface area contributed by atoms with Crippen molar-refractivity contribution in [2.24, 2.45) is 5.92 Å². The van der Waals surface area contributed by atoms with Crippen LogP contribution in [0.1, 0.15) is 32.1 Å². The summed E-state index contributed by atoms with van der Waals surface area (Å²) < 4.78 is 5.88. The van der Waals surface area contributed by atoms with Crippen LogP contribution in [-0.2, 0) is 0 Å². The Morgan fingerprint density at radius 2 is 1.76 bits per heavy atom. The van der Waals surface area contributed by atoms with E-state index in [0.29, 0.717) is 0 Å². The Morgan fingerprint density at radius 1 is 1.00 bits per heavy atom. The minimum atomic E-state index is 0.734. The molecule has 0 aliphatic carbocycles. The van der Waals surface area contributed by atoms with Crippen LogP contribution in [0.5, 0.6) is 5.75 Å². The van der Waals surface area contributed by atoms with Crippen molar-refractivity contribution in [2.75, 3.05) is 6.61 Å². The van der Waals surface area contributed by atoms with E-state index in [1.165, 1.54) is 32.1 Å². The highest BCUT2D eigenvalue weighted by Crippen LogP contribution is 2.29. The van der Waals surface area contributed by atoms with Gasteiger partial charge in [0.2, 0.25) is 0 Å². The monoisotopic (exact) mass is 231 g/mol. The smallest absolute Gasteiger partial charge is 0.119 e. The van der Waals surface area contributed by atoms with Gasteiger partial charge in [0.25, 0.3) is 0 Å². The fourth-order valence-corrected chi connectivity index (χ4v) is 3.16. The molecule has 3 unspecified atom stereocenters. The first-order chi connectivity index (χ1) is 8.40. The van der Waals surface area contributed by atoms with Crippen molar-refractivity contribution in [1.82, 2.24) is 5.32 Å². The molecule has 2 bridgehead atoms. The van der Waals surface area contributed by atoms with Crippen LogP contribution in [0.15, 0.2) is 30.3 Å². The van der Waals surface area contributed by atoms with Crippen LogP contribution >= 0.6 is 0 Å². The third-order valence-electron chi connectivity index (χ3n) is 4.11. The number of ether oxygens (including phenoxy) is 1. The summed E-state index contributed by atoms with van der Waals surface area (Å²) in [5, 5.41) is 3.73. The first-order valence-electron chi connectivity index (χ1n) is 6.84. The summed E-state index contributed by atoms with van der Waals surface area (Å²) in [5.74, 6) is 1.74. The average Bonchev–Trinajstić information content (AvgIpc) is 2.70. The summed E-state index contributed by atoms with van der Waals surface area (Å²) in [7, 11) is 0. The number of benzene rings is 1. The third kappa shape index (κ3) is 2.81. The number of para-hydroxylation sites is 1. The van der Waals surface area contributed by atoms with E-state index in [1.807, 2.05) is 30.3 Å². The van der Waals surface area contributed by atoms with Gasteiger partial charge >= 0.3 is 0 Å². The fraction of sp³-hybridized carbons (Fsp3) is 0.600. The Hall–Kier alpha value is -1.02. The van der Waals surface area contributed by atoms with Crippen molar-refractivity contribution in [3.63, 3.8) is 0 Å². The van der Waals surface area contributed by atoms with E-state index in [0.717, 1.165) is 30.4 Å². The topological polar surface area (TPSA) is 21.3 Å². The van der Waals surface area contributed by atoms with Gasteiger partial charge in [-0.1, -0.05) is 18.2 Å². The highest BCUT2D eigenvalue weighted by molar-refractivity contribution is 5.20. The molecule has 1 aromatic rings. The Morgan fingerprint density at radius 3 is 2.65 bits per heavy atom. The molecule has 17 heavy (non-hydrogen) atoms. The quantitative estimate of drug-likeness (QED) is 0.863. The van der Waals surface area contributed by atoms with Crippen LogP contribution in [0, 0.1) is 5.92 Å². The minimum absolute atomic E-state index is 0.734. The maximum absolute atomic E-state index is 5.88. The Labute approximate surface area is 103 Å². The Balaban J connectivity index is 1.52. The molecule has 2 fully saturated rings. The van der Waals surface area contributed by atoms with Gasteiger partial charge in [-0.05, 0) is 50.2 Å². The molecule has 2 heteroatoms. The summed E-state index contributed by atoms with van der Waals surface area (Å²) in [6.45, 7) is 0.884. The van der Waals surface area contributed by atoms with Crippen molar-refractivity contribution >= 4 is 0 Å².